The Hall–Kier alpha value is -6.12. The molecule has 0 radical (unpaired) electrons. The zero-order chi connectivity index (χ0) is 31.0. The molecule has 0 fully saturated rings. The van der Waals surface area contributed by atoms with Crippen molar-refractivity contribution in [2.75, 3.05) is 10.6 Å². The molecule has 8 aromatic carbocycles. The molecule has 2 heteroatoms. The molecule has 8 aromatic rings. The Morgan fingerprint density at radius 1 is 0.457 bits per heavy atom. The van der Waals surface area contributed by atoms with Crippen LogP contribution in [0.15, 0.2) is 176 Å². The van der Waals surface area contributed by atoms with Crippen molar-refractivity contribution >= 4 is 55.1 Å². The van der Waals surface area contributed by atoms with E-state index >= 15 is 0 Å². The molecule has 0 saturated heterocycles. The molecule has 0 aliphatic heterocycles. The van der Waals surface area contributed by atoms with E-state index in [0.717, 1.165) is 28.2 Å². The second kappa shape index (κ2) is 11.4. The van der Waals surface area contributed by atoms with E-state index in [1.165, 1.54) is 49.0 Å². The smallest absolute Gasteiger partial charge is 0.0691 e. The monoisotopic (exact) mass is 588 g/mol. The quantitative estimate of drug-likeness (QED) is 0.155. The first-order valence-corrected chi connectivity index (χ1v) is 15.6. The molecule has 0 aliphatic rings. The van der Waals surface area contributed by atoms with Crippen molar-refractivity contribution in [1.29, 1.82) is 0 Å². The van der Waals surface area contributed by atoms with Gasteiger partial charge in [-0.15, -0.1) is 0 Å². The van der Waals surface area contributed by atoms with Crippen LogP contribution in [0.2, 0.25) is 0 Å². The van der Waals surface area contributed by atoms with Gasteiger partial charge in [-0.1, -0.05) is 146 Å². The lowest BCUT2D eigenvalue weighted by Crippen LogP contribution is -2.16. The number of nitrogens with two attached hydrogens (primary N) is 1. The number of para-hydroxylation sites is 2. The average Bonchev–Trinajstić information content (AvgIpc) is 3.12. The van der Waals surface area contributed by atoms with Crippen molar-refractivity contribution in [3.63, 3.8) is 0 Å². The molecule has 0 bridgehead atoms. The summed E-state index contributed by atoms with van der Waals surface area (Å²) in [5.41, 5.74) is 15.9. The zero-order valence-corrected chi connectivity index (χ0v) is 25.4. The molecule has 0 saturated carbocycles. The van der Waals surface area contributed by atoms with E-state index in [1.807, 2.05) is 42.5 Å². The molecule has 218 valence electrons. The summed E-state index contributed by atoms with van der Waals surface area (Å²) in [6, 6.07) is 60.0. The van der Waals surface area contributed by atoms with Crippen molar-refractivity contribution in [2.45, 2.75) is 0 Å². The molecular weight excluding hydrogens is 556 g/mol. The summed E-state index contributed by atoms with van der Waals surface area (Å²) in [4.78, 5) is 2.15. The Morgan fingerprint density at radius 3 is 1.59 bits per heavy atom. The van der Waals surface area contributed by atoms with Crippen LogP contribution in [0.3, 0.4) is 0 Å². The number of hydrogen-bond acceptors (Lipinski definition) is 2. The second-order valence-electron chi connectivity index (χ2n) is 11.7. The minimum absolute atomic E-state index is 0.699. The molecule has 0 amide bonds. The van der Waals surface area contributed by atoms with Crippen LogP contribution >= 0.6 is 0 Å². The van der Waals surface area contributed by atoms with Gasteiger partial charge in [0.1, 0.15) is 0 Å². The van der Waals surface area contributed by atoms with Crippen LogP contribution in [-0.2, 0) is 0 Å². The summed E-state index contributed by atoms with van der Waals surface area (Å²) >= 11 is 0. The summed E-state index contributed by atoms with van der Waals surface area (Å²) in [5.74, 6) is 0. The fourth-order valence-electron chi connectivity index (χ4n) is 6.76. The molecule has 0 heterocycles. The van der Waals surface area contributed by atoms with Crippen molar-refractivity contribution in [1.82, 2.24) is 0 Å². The highest BCUT2D eigenvalue weighted by molar-refractivity contribution is 6.21. The average molecular weight is 589 g/mol. The van der Waals surface area contributed by atoms with Gasteiger partial charge in [0.25, 0.3) is 0 Å². The van der Waals surface area contributed by atoms with E-state index in [2.05, 4.69) is 139 Å². The van der Waals surface area contributed by atoms with Crippen LogP contribution in [-0.4, -0.2) is 0 Å². The van der Waals surface area contributed by atoms with Gasteiger partial charge in [-0.25, -0.2) is 0 Å². The Kier molecular flexibility index (Phi) is 6.81. The van der Waals surface area contributed by atoms with Gasteiger partial charge in [-0.3, -0.25) is 0 Å². The minimum atomic E-state index is 0.699. The third-order valence-corrected chi connectivity index (χ3v) is 8.94. The van der Waals surface area contributed by atoms with E-state index in [9.17, 15) is 0 Å². The van der Waals surface area contributed by atoms with Crippen LogP contribution in [0.25, 0.3) is 60.3 Å². The van der Waals surface area contributed by atoms with Crippen molar-refractivity contribution in [3.8, 4) is 22.3 Å². The van der Waals surface area contributed by atoms with Gasteiger partial charge in [0.05, 0.1) is 11.4 Å². The topological polar surface area (TPSA) is 29.3 Å². The number of hydrogen-bond donors (Lipinski definition) is 1. The van der Waals surface area contributed by atoms with E-state index < -0.39 is 0 Å². The SMILES string of the molecule is C=C(c1ccccc1)N(c1ccc(-c2c3ccccc3c(-c3ccc4ccccc4c3)c3ccccc23)cc1)c1ccccc1N. The van der Waals surface area contributed by atoms with Gasteiger partial charge in [-0.2, -0.15) is 0 Å². The predicted molar refractivity (Wildman–Crippen MR) is 198 cm³/mol. The van der Waals surface area contributed by atoms with E-state index in [4.69, 9.17) is 5.73 Å². The Bertz CT molecular complexity index is 2330. The lowest BCUT2D eigenvalue weighted by molar-refractivity contribution is 1.30. The first-order valence-electron chi connectivity index (χ1n) is 15.6. The summed E-state index contributed by atoms with van der Waals surface area (Å²) in [6.45, 7) is 4.51. The number of nitrogen functional groups attached to an aromatic ring is 1. The molecule has 0 aromatic heterocycles. The Morgan fingerprint density at radius 2 is 0.957 bits per heavy atom. The van der Waals surface area contributed by atoms with E-state index in [1.54, 1.807) is 0 Å². The summed E-state index contributed by atoms with van der Waals surface area (Å²) in [5, 5.41) is 7.44. The second-order valence-corrected chi connectivity index (χ2v) is 11.7. The maximum atomic E-state index is 6.53. The van der Waals surface area contributed by atoms with E-state index in [-0.39, 0.29) is 0 Å². The lowest BCUT2D eigenvalue weighted by atomic mass is 9.85. The van der Waals surface area contributed by atoms with Crippen LogP contribution in [0.1, 0.15) is 5.56 Å². The maximum Gasteiger partial charge on any atom is 0.0691 e. The fourth-order valence-corrected chi connectivity index (χ4v) is 6.76. The van der Waals surface area contributed by atoms with Crippen LogP contribution in [0.5, 0.6) is 0 Å². The van der Waals surface area contributed by atoms with Crippen LogP contribution in [0, 0.1) is 0 Å². The predicted octanol–water partition coefficient (Wildman–Crippen LogP) is 11.9. The summed E-state index contributed by atoms with van der Waals surface area (Å²) in [7, 11) is 0. The highest BCUT2D eigenvalue weighted by Crippen LogP contribution is 2.45. The molecule has 0 unspecified atom stereocenters. The lowest BCUT2D eigenvalue weighted by Gasteiger charge is -2.29. The molecule has 0 aliphatic carbocycles. The van der Waals surface area contributed by atoms with Gasteiger partial charge >= 0.3 is 0 Å². The normalized spacial score (nSPS) is 11.2. The Labute approximate surface area is 269 Å². The number of benzene rings is 8. The van der Waals surface area contributed by atoms with Gasteiger partial charge in [0.15, 0.2) is 0 Å². The highest BCUT2D eigenvalue weighted by atomic mass is 15.2. The minimum Gasteiger partial charge on any atom is -0.397 e. The largest absolute Gasteiger partial charge is 0.397 e. The number of nitrogens with zero attached hydrogens (tertiary/aromatic N) is 1. The summed E-state index contributed by atoms with van der Waals surface area (Å²) in [6.07, 6.45) is 0. The van der Waals surface area contributed by atoms with Crippen molar-refractivity contribution < 1.29 is 0 Å². The molecule has 0 atom stereocenters. The number of anilines is 3. The number of rotatable bonds is 6. The van der Waals surface area contributed by atoms with Gasteiger partial charge in [0.2, 0.25) is 0 Å². The molecule has 8 rings (SSSR count). The first-order chi connectivity index (χ1) is 22.7. The molecule has 2 nitrogen and oxygen atoms in total. The van der Waals surface area contributed by atoms with Crippen molar-refractivity contribution in [3.05, 3.63) is 182 Å². The molecule has 2 N–H and O–H groups in total. The summed E-state index contributed by atoms with van der Waals surface area (Å²) < 4.78 is 0. The van der Waals surface area contributed by atoms with Crippen LogP contribution in [0.4, 0.5) is 17.1 Å². The first kappa shape index (κ1) is 27.4. The van der Waals surface area contributed by atoms with E-state index in [0.29, 0.717) is 5.69 Å². The van der Waals surface area contributed by atoms with Gasteiger partial charge < -0.3 is 10.6 Å². The van der Waals surface area contributed by atoms with Crippen molar-refractivity contribution in [2.24, 2.45) is 0 Å². The fraction of sp³-hybridized carbons (Fsp3) is 0. The molecule has 46 heavy (non-hydrogen) atoms. The third kappa shape index (κ3) is 4.68. The highest BCUT2D eigenvalue weighted by Gasteiger charge is 2.19. The standard InChI is InChI=1S/C44H32N2/c1-30(31-13-3-2-4-14-31)46(42-22-12-11-21-41(42)45)36-27-25-33(26-28-36)43-37-17-7-9-19-39(37)44(40-20-10-8-18-38(40)43)35-24-23-32-15-5-6-16-34(32)29-35/h2-29H,1,45H2. The van der Waals surface area contributed by atoms with Crippen LogP contribution < -0.4 is 10.6 Å². The van der Waals surface area contributed by atoms with Gasteiger partial charge in [-0.05, 0) is 90.5 Å². The molecular formula is C44H32N2. The maximum absolute atomic E-state index is 6.53. The Balaban J connectivity index is 1.31. The van der Waals surface area contributed by atoms with Gasteiger partial charge in [0, 0.05) is 11.4 Å². The zero-order valence-electron chi connectivity index (χ0n) is 25.4. The molecule has 0 spiro atoms. The third-order valence-electron chi connectivity index (χ3n) is 8.94. The number of fused-ring (bicyclic) bond motifs is 3.